The van der Waals surface area contributed by atoms with E-state index in [1.165, 1.54) is 21.6 Å². The second-order valence-corrected chi connectivity index (χ2v) is 7.34. The van der Waals surface area contributed by atoms with Crippen LogP contribution >= 0.6 is 21.6 Å². The van der Waals surface area contributed by atoms with Crippen molar-refractivity contribution in [1.82, 2.24) is 5.32 Å². The molecule has 4 nitrogen and oxygen atoms in total. The quantitative estimate of drug-likeness (QED) is 0.530. The predicted molar refractivity (Wildman–Crippen MR) is 77.1 cm³/mol. The van der Waals surface area contributed by atoms with E-state index in [-0.39, 0.29) is 19.3 Å². The molecule has 0 spiro atoms. The average Bonchev–Trinajstić information content (AvgIpc) is 2.36. The average molecular weight is 327 g/mol. The van der Waals surface area contributed by atoms with Crippen LogP contribution in [0.25, 0.3) is 0 Å². The highest BCUT2D eigenvalue weighted by molar-refractivity contribution is 8.76. The van der Waals surface area contributed by atoms with Gasteiger partial charge in [-0.05, 0) is 12.8 Å². The Hall–Kier alpha value is -0.500. The number of amides is 1. The van der Waals surface area contributed by atoms with Crippen molar-refractivity contribution in [3.8, 4) is 0 Å². The van der Waals surface area contributed by atoms with Gasteiger partial charge in [-0.15, -0.1) is 0 Å². The van der Waals surface area contributed by atoms with Crippen molar-refractivity contribution in [2.45, 2.75) is 38.0 Å². The molecule has 1 saturated carbocycles. The topological polar surface area (TPSA) is 66.4 Å². The summed E-state index contributed by atoms with van der Waals surface area (Å²) in [6.45, 7) is 0.330. The molecule has 0 bridgehead atoms. The molecular weight excluding hydrogens is 308 g/mol. The van der Waals surface area contributed by atoms with Gasteiger partial charge in [0.15, 0.2) is 0 Å². The molecule has 1 aliphatic rings. The SMILES string of the molecule is O=C(O)CCSSCCNC(=O)C1CCCCC1(F)F. The number of aliphatic carboxylic acids is 1. The van der Waals surface area contributed by atoms with Gasteiger partial charge in [0.25, 0.3) is 5.92 Å². The van der Waals surface area contributed by atoms with Gasteiger partial charge in [0.05, 0.1) is 6.42 Å². The Morgan fingerprint density at radius 3 is 2.60 bits per heavy atom. The number of alkyl halides is 2. The highest BCUT2D eigenvalue weighted by atomic mass is 33.1. The molecule has 1 aliphatic carbocycles. The number of halogens is 2. The zero-order valence-corrected chi connectivity index (χ0v) is 12.7. The van der Waals surface area contributed by atoms with Crippen molar-refractivity contribution in [2.24, 2.45) is 5.92 Å². The third-order valence-corrected chi connectivity index (χ3v) is 5.45. The Morgan fingerprint density at radius 1 is 1.25 bits per heavy atom. The van der Waals surface area contributed by atoms with Crippen LogP contribution in [-0.4, -0.2) is 41.0 Å². The standard InChI is InChI=1S/C12H19F2NO3S2/c13-12(14)5-2-1-3-9(12)11(18)15-6-8-20-19-7-4-10(16)17/h9H,1-8H2,(H,15,18)(H,16,17). The van der Waals surface area contributed by atoms with Crippen LogP contribution in [0.5, 0.6) is 0 Å². The Kier molecular flexibility index (Phi) is 7.65. The highest BCUT2D eigenvalue weighted by Crippen LogP contribution is 2.38. The third-order valence-electron chi connectivity index (χ3n) is 3.05. The van der Waals surface area contributed by atoms with Gasteiger partial charge in [-0.3, -0.25) is 9.59 Å². The maximum absolute atomic E-state index is 13.5. The second kappa shape index (κ2) is 8.71. The van der Waals surface area contributed by atoms with E-state index in [2.05, 4.69) is 5.32 Å². The summed E-state index contributed by atoms with van der Waals surface area (Å²) in [7, 11) is 2.84. The van der Waals surface area contributed by atoms with Gasteiger partial charge in [0, 0.05) is 24.5 Å². The first-order valence-corrected chi connectivity index (χ1v) is 9.04. The Morgan fingerprint density at radius 2 is 1.95 bits per heavy atom. The molecular formula is C12H19F2NO3S2. The van der Waals surface area contributed by atoms with E-state index in [0.29, 0.717) is 30.9 Å². The summed E-state index contributed by atoms with van der Waals surface area (Å²) in [4.78, 5) is 22.0. The van der Waals surface area contributed by atoms with Crippen LogP contribution < -0.4 is 5.32 Å². The van der Waals surface area contributed by atoms with E-state index in [1.807, 2.05) is 0 Å². The monoisotopic (exact) mass is 327 g/mol. The summed E-state index contributed by atoms with van der Waals surface area (Å²) < 4.78 is 27.1. The molecule has 1 amide bonds. The zero-order chi connectivity index (χ0) is 15.0. The number of carboxylic acid groups (broad SMARTS) is 1. The predicted octanol–water partition coefficient (Wildman–Crippen LogP) is 2.78. The van der Waals surface area contributed by atoms with Gasteiger partial charge < -0.3 is 10.4 Å². The molecule has 0 radical (unpaired) electrons. The minimum Gasteiger partial charge on any atom is -0.481 e. The van der Waals surface area contributed by atoms with E-state index in [1.54, 1.807) is 0 Å². The summed E-state index contributed by atoms with van der Waals surface area (Å²) in [6, 6.07) is 0. The minimum absolute atomic E-state index is 0.0956. The molecule has 20 heavy (non-hydrogen) atoms. The largest absolute Gasteiger partial charge is 0.481 e. The molecule has 1 fully saturated rings. The van der Waals surface area contributed by atoms with Gasteiger partial charge in [0.1, 0.15) is 5.92 Å². The summed E-state index contributed by atoms with van der Waals surface area (Å²) in [5, 5.41) is 11.0. The zero-order valence-electron chi connectivity index (χ0n) is 11.1. The van der Waals surface area contributed by atoms with E-state index in [0.717, 1.165) is 0 Å². The minimum atomic E-state index is -2.88. The third kappa shape index (κ3) is 6.30. The molecule has 0 aromatic heterocycles. The lowest BCUT2D eigenvalue weighted by molar-refractivity contribution is -0.145. The maximum atomic E-state index is 13.5. The molecule has 0 aromatic carbocycles. The Labute approximate surface area is 124 Å². The lowest BCUT2D eigenvalue weighted by Gasteiger charge is -2.30. The Bertz CT molecular complexity index is 343. The number of carboxylic acids is 1. The molecule has 116 valence electrons. The summed E-state index contributed by atoms with van der Waals surface area (Å²) in [5.41, 5.74) is 0. The van der Waals surface area contributed by atoms with Crippen molar-refractivity contribution >= 4 is 33.5 Å². The van der Waals surface area contributed by atoms with Crippen molar-refractivity contribution < 1.29 is 23.5 Å². The molecule has 2 N–H and O–H groups in total. The van der Waals surface area contributed by atoms with Crippen LogP contribution in [0.15, 0.2) is 0 Å². The van der Waals surface area contributed by atoms with Gasteiger partial charge in [-0.2, -0.15) is 0 Å². The number of hydrogen-bond donors (Lipinski definition) is 2. The first kappa shape index (κ1) is 17.6. The van der Waals surface area contributed by atoms with E-state index < -0.39 is 23.7 Å². The Balaban J connectivity index is 2.12. The molecule has 8 heteroatoms. The molecule has 0 aromatic rings. The van der Waals surface area contributed by atoms with Crippen LogP contribution in [0.1, 0.15) is 32.1 Å². The van der Waals surface area contributed by atoms with Gasteiger partial charge in [-0.25, -0.2) is 8.78 Å². The van der Waals surface area contributed by atoms with Crippen molar-refractivity contribution in [1.29, 1.82) is 0 Å². The van der Waals surface area contributed by atoms with Crippen LogP contribution in [0.4, 0.5) is 8.78 Å². The molecule has 0 aliphatic heterocycles. The van der Waals surface area contributed by atoms with E-state index in [9.17, 15) is 18.4 Å². The molecule has 0 heterocycles. The fraction of sp³-hybridized carbons (Fsp3) is 0.833. The number of carbonyl (C=O) groups excluding carboxylic acids is 1. The second-order valence-electron chi connectivity index (χ2n) is 4.64. The number of carbonyl (C=O) groups is 2. The fourth-order valence-corrected chi connectivity index (χ4v) is 3.89. The summed E-state index contributed by atoms with van der Waals surface area (Å²) >= 11 is 0. The van der Waals surface area contributed by atoms with E-state index >= 15 is 0 Å². The van der Waals surface area contributed by atoms with Crippen LogP contribution in [0, 0.1) is 5.92 Å². The number of nitrogens with one attached hydrogen (secondary N) is 1. The molecule has 1 rings (SSSR count). The molecule has 0 saturated heterocycles. The van der Waals surface area contributed by atoms with Crippen molar-refractivity contribution in [3.05, 3.63) is 0 Å². The summed E-state index contributed by atoms with van der Waals surface area (Å²) in [6.07, 6.45) is 1.29. The van der Waals surface area contributed by atoms with Crippen LogP contribution in [0.2, 0.25) is 0 Å². The normalized spacial score (nSPS) is 21.4. The number of rotatable bonds is 8. The lowest BCUT2D eigenvalue weighted by Crippen LogP contribution is -2.44. The van der Waals surface area contributed by atoms with Gasteiger partial charge in [-0.1, -0.05) is 28.0 Å². The van der Waals surface area contributed by atoms with Crippen LogP contribution in [0.3, 0.4) is 0 Å². The van der Waals surface area contributed by atoms with Crippen molar-refractivity contribution in [3.63, 3.8) is 0 Å². The smallest absolute Gasteiger partial charge is 0.304 e. The molecule has 1 atom stereocenters. The van der Waals surface area contributed by atoms with Crippen molar-refractivity contribution in [2.75, 3.05) is 18.1 Å². The van der Waals surface area contributed by atoms with Crippen LogP contribution in [-0.2, 0) is 9.59 Å². The lowest BCUT2D eigenvalue weighted by atomic mass is 9.85. The maximum Gasteiger partial charge on any atom is 0.304 e. The van der Waals surface area contributed by atoms with E-state index in [4.69, 9.17) is 5.11 Å². The fourth-order valence-electron chi connectivity index (χ4n) is 2.00. The first-order chi connectivity index (χ1) is 9.43. The van der Waals surface area contributed by atoms with Gasteiger partial charge >= 0.3 is 5.97 Å². The molecule has 1 unspecified atom stereocenters. The van der Waals surface area contributed by atoms with Gasteiger partial charge in [0.2, 0.25) is 5.91 Å². The first-order valence-electron chi connectivity index (χ1n) is 6.55. The highest BCUT2D eigenvalue weighted by Gasteiger charge is 2.45. The number of hydrogen-bond acceptors (Lipinski definition) is 4. The summed E-state index contributed by atoms with van der Waals surface area (Å²) in [5.74, 6) is -4.41.